The number of carbonyl (C=O) groups excluding carboxylic acids is 1. The van der Waals surface area contributed by atoms with Gasteiger partial charge in [0.25, 0.3) is 11.5 Å². The van der Waals surface area contributed by atoms with Crippen molar-refractivity contribution in [3.63, 3.8) is 0 Å². The number of hydrogen-bond donors (Lipinski definition) is 2. The van der Waals surface area contributed by atoms with Gasteiger partial charge in [0.05, 0.1) is 17.6 Å². The van der Waals surface area contributed by atoms with Gasteiger partial charge in [0, 0.05) is 11.6 Å². The van der Waals surface area contributed by atoms with Crippen LogP contribution in [0.1, 0.15) is 21.6 Å². The number of carbonyl (C=O) groups is 1. The summed E-state index contributed by atoms with van der Waals surface area (Å²) >= 11 is 0. The summed E-state index contributed by atoms with van der Waals surface area (Å²) in [6.07, 6.45) is 1.48. The molecule has 0 saturated heterocycles. The van der Waals surface area contributed by atoms with Crippen LogP contribution in [-0.2, 0) is 0 Å². The van der Waals surface area contributed by atoms with Gasteiger partial charge in [-0.05, 0) is 38.1 Å². The molecular formula is C23H19N7O2. The van der Waals surface area contributed by atoms with E-state index in [9.17, 15) is 9.59 Å². The van der Waals surface area contributed by atoms with Crippen LogP contribution in [0.3, 0.4) is 0 Å². The van der Waals surface area contributed by atoms with Gasteiger partial charge in [0.2, 0.25) is 5.95 Å². The number of nitrogens with zero attached hydrogens (tertiary/aromatic N) is 5. The van der Waals surface area contributed by atoms with Gasteiger partial charge in [-0.1, -0.05) is 35.9 Å². The van der Waals surface area contributed by atoms with E-state index in [1.54, 1.807) is 29.8 Å². The van der Waals surface area contributed by atoms with Crippen molar-refractivity contribution in [1.29, 1.82) is 0 Å². The number of para-hydroxylation sites is 1. The van der Waals surface area contributed by atoms with E-state index in [1.807, 2.05) is 49.4 Å². The molecule has 32 heavy (non-hydrogen) atoms. The highest BCUT2D eigenvalue weighted by atomic mass is 16.2. The maximum atomic E-state index is 12.7. The minimum atomic E-state index is -0.351. The molecule has 9 nitrogen and oxygen atoms in total. The first kappa shape index (κ1) is 19.4. The Morgan fingerprint density at radius 2 is 1.75 bits per heavy atom. The Morgan fingerprint density at radius 1 is 1.00 bits per heavy atom. The molecule has 158 valence electrons. The molecule has 0 spiro atoms. The number of aryl methyl sites for hydroxylation is 2. The van der Waals surface area contributed by atoms with Crippen LogP contribution in [0.15, 0.2) is 71.7 Å². The van der Waals surface area contributed by atoms with Gasteiger partial charge in [-0.25, -0.2) is 4.68 Å². The zero-order chi connectivity index (χ0) is 22.2. The number of H-pyrrole nitrogens is 1. The van der Waals surface area contributed by atoms with E-state index in [2.05, 4.69) is 25.5 Å². The minimum Gasteiger partial charge on any atom is -0.306 e. The lowest BCUT2D eigenvalue weighted by molar-refractivity contribution is 0.102. The molecule has 0 fully saturated rings. The van der Waals surface area contributed by atoms with Gasteiger partial charge in [-0.3, -0.25) is 14.6 Å². The standard InChI is InChI=1S/C23H19N7O2/c1-14-8-10-16(11-9-14)21(31)25-19-12-15(2)28-30(19)23-26-20-18(22(32)27-23)13-24-29(20)17-6-4-3-5-7-17/h3-13H,1-2H3,(H,25,31)(H,26,27,32). The van der Waals surface area contributed by atoms with Gasteiger partial charge in [-0.2, -0.15) is 19.9 Å². The first-order valence-corrected chi connectivity index (χ1v) is 9.98. The van der Waals surface area contributed by atoms with Gasteiger partial charge in [0.1, 0.15) is 11.2 Å². The Morgan fingerprint density at radius 3 is 2.50 bits per heavy atom. The number of amides is 1. The van der Waals surface area contributed by atoms with E-state index in [1.165, 1.54) is 10.9 Å². The number of rotatable bonds is 4. The number of nitrogens with one attached hydrogen (secondary N) is 2. The summed E-state index contributed by atoms with van der Waals surface area (Å²) < 4.78 is 3.00. The van der Waals surface area contributed by atoms with Crippen molar-refractivity contribution in [2.24, 2.45) is 0 Å². The number of aromatic nitrogens is 6. The summed E-state index contributed by atoms with van der Waals surface area (Å²) in [6, 6.07) is 18.4. The van der Waals surface area contributed by atoms with Gasteiger partial charge in [0.15, 0.2) is 5.65 Å². The number of hydrogen-bond acceptors (Lipinski definition) is 5. The molecule has 3 heterocycles. The smallest absolute Gasteiger partial charge is 0.263 e. The topological polar surface area (TPSA) is 110 Å². The Bertz CT molecular complexity index is 1500. The van der Waals surface area contributed by atoms with E-state index in [-0.39, 0.29) is 17.4 Å². The van der Waals surface area contributed by atoms with Gasteiger partial charge < -0.3 is 5.32 Å². The second-order valence-corrected chi connectivity index (χ2v) is 7.42. The largest absolute Gasteiger partial charge is 0.306 e. The van der Waals surface area contributed by atoms with Gasteiger partial charge in [-0.15, -0.1) is 0 Å². The summed E-state index contributed by atoms with van der Waals surface area (Å²) in [4.78, 5) is 32.8. The van der Waals surface area contributed by atoms with Crippen molar-refractivity contribution < 1.29 is 4.79 Å². The van der Waals surface area contributed by atoms with E-state index in [0.717, 1.165) is 11.3 Å². The maximum absolute atomic E-state index is 12.7. The van der Waals surface area contributed by atoms with Crippen molar-refractivity contribution in [3.8, 4) is 11.6 Å². The highest BCUT2D eigenvalue weighted by Gasteiger charge is 2.17. The number of benzene rings is 2. The fourth-order valence-electron chi connectivity index (χ4n) is 3.41. The molecule has 0 bridgehead atoms. The predicted octanol–water partition coefficient (Wildman–Crippen LogP) is 3.16. The van der Waals surface area contributed by atoms with Crippen LogP contribution in [0.25, 0.3) is 22.7 Å². The molecule has 9 heteroatoms. The highest BCUT2D eigenvalue weighted by Crippen LogP contribution is 2.18. The van der Waals surface area contributed by atoms with Crippen LogP contribution in [0, 0.1) is 13.8 Å². The molecule has 2 aromatic carbocycles. The zero-order valence-electron chi connectivity index (χ0n) is 17.4. The van der Waals surface area contributed by atoms with Gasteiger partial charge >= 0.3 is 0 Å². The fourth-order valence-corrected chi connectivity index (χ4v) is 3.41. The van der Waals surface area contributed by atoms with E-state index >= 15 is 0 Å². The Labute approximate surface area is 182 Å². The zero-order valence-corrected chi connectivity index (χ0v) is 17.4. The summed E-state index contributed by atoms with van der Waals surface area (Å²) in [5, 5.41) is 11.9. The van der Waals surface area contributed by atoms with Crippen molar-refractivity contribution in [3.05, 3.63) is 94.0 Å². The predicted molar refractivity (Wildman–Crippen MR) is 120 cm³/mol. The van der Waals surface area contributed by atoms with Crippen molar-refractivity contribution >= 4 is 22.8 Å². The van der Waals surface area contributed by atoms with Crippen molar-refractivity contribution in [2.75, 3.05) is 5.32 Å². The quantitative estimate of drug-likeness (QED) is 0.460. The normalized spacial score (nSPS) is 11.1. The van der Waals surface area contributed by atoms with Crippen LogP contribution < -0.4 is 10.9 Å². The van der Waals surface area contributed by atoms with E-state index in [0.29, 0.717) is 28.1 Å². The average molecular weight is 425 g/mol. The third-order valence-corrected chi connectivity index (χ3v) is 5.01. The molecule has 0 aliphatic heterocycles. The summed E-state index contributed by atoms with van der Waals surface area (Å²) in [5.74, 6) is 0.276. The molecular weight excluding hydrogens is 406 g/mol. The van der Waals surface area contributed by atoms with Crippen molar-refractivity contribution in [1.82, 2.24) is 29.5 Å². The first-order valence-electron chi connectivity index (χ1n) is 9.98. The SMILES string of the molecule is Cc1ccc(C(=O)Nc2cc(C)nn2-c2nc3c(cnn3-c3ccccc3)c(=O)[nH]2)cc1. The number of fused-ring (bicyclic) bond motifs is 1. The van der Waals surface area contributed by atoms with Crippen LogP contribution in [0.2, 0.25) is 0 Å². The molecule has 2 N–H and O–H groups in total. The van der Waals surface area contributed by atoms with Crippen LogP contribution in [0.4, 0.5) is 5.82 Å². The molecule has 0 aliphatic rings. The Hall–Kier alpha value is -4.53. The second kappa shape index (κ2) is 7.62. The fraction of sp³-hybridized carbons (Fsp3) is 0.0870. The molecule has 1 amide bonds. The van der Waals surface area contributed by atoms with Crippen LogP contribution in [0.5, 0.6) is 0 Å². The molecule has 0 aliphatic carbocycles. The summed E-state index contributed by atoms with van der Waals surface area (Å²) in [7, 11) is 0. The van der Waals surface area contributed by atoms with Crippen LogP contribution >= 0.6 is 0 Å². The average Bonchev–Trinajstić information content (AvgIpc) is 3.38. The monoisotopic (exact) mass is 425 g/mol. The lowest BCUT2D eigenvalue weighted by Crippen LogP contribution is -2.19. The second-order valence-electron chi connectivity index (χ2n) is 7.42. The van der Waals surface area contributed by atoms with Crippen LogP contribution in [-0.4, -0.2) is 35.4 Å². The summed E-state index contributed by atoms with van der Waals surface area (Å²) in [6.45, 7) is 3.75. The number of aromatic amines is 1. The Balaban J connectivity index is 1.58. The third kappa shape index (κ3) is 3.45. The summed E-state index contributed by atoms with van der Waals surface area (Å²) in [5.41, 5.74) is 3.04. The lowest BCUT2D eigenvalue weighted by Gasteiger charge is -2.09. The molecule has 0 radical (unpaired) electrons. The minimum absolute atomic E-state index is 0.174. The van der Waals surface area contributed by atoms with E-state index in [4.69, 9.17) is 0 Å². The third-order valence-electron chi connectivity index (χ3n) is 5.01. The van der Waals surface area contributed by atoms with Crippen molar-refractivity contribution in [2.45, 2.75) is 13.8 Å². The lowest BCUT2D eigenvalue weighted by atomic mass is 10.1. The molecule has 3 aromatic heterocycles. The van der Waals surface area contributed by atoms with E-state index < -0.39 is 0 Å². The Kier molecular flexibility index (Phi) is 4.63. The molecule has 0 unspecified atom stereocenters. The molecule has 0 atom stereocenters. The first-order chi connectivity index (χ1) is 15.5. The molecule has 0 saturated carbocycles. The molecule has 5 rings (SSSR count). The number of anilines is 1. The molecule has 5 aromatic rings. The maximum Gasteiger partial charge on any atom is 0.263 e. The highest BCUT2D eigenvalue weighted by molar-refractivity contribution is 6.04.